The molecule has 2 rings (SSSR count). The highest BCUT2D eigenvalue weighted by molar-refractivity contribution is 5.86. The molecule has 1 N–H and O–H groups in total. The fourth-order valence-electron chi connectivity index (χ4n) is 2.39. The number of aliphatic carboxylic acids is 1. The van der Waals surface area contributed by atoms with Crippen molar-refractivity contribution in [1.29, 1.82) is 0 Å². The number of ether oxygens (including phenoxy) is 1. The van der Waals surface area contributed by atoms with Crippen LogP contribution in [0.5, 0.6) is 0 Å². The highest BCUT2D eigenvalue weighted by Crippen LogP contribution is 2.44. The van der Waals surface area contributed by atoms with E-state index in [0.717, 1.165) is 19.3 Å². The molecule has 0 aliphatic heterocycles. The van der Waals surface area contributed by atoms with Crippen LogP contribution in [0.1, 0.15) is 52.9 Å². The van der Waals surface area contributed by atoms with Crippen molar-refractivity contribution < 1.29 is 19.4 Å². The third-order valence-corrected chi connectivity index (χ3v) is 3.54. The molecule has 102 valence electrons. The normalized spacial score (nSPS) is 21.9. The molecule has 0 unspecified atom stereocenters. The Morgan fingerprint density at radius 1 is 1.28 bits per heavy atom. The van der Waals surface area contributed by atoms with Gasteiger partial charge < -0.3 is 9.84 Å². The van der Waals surface area contributed by atoms with Gasteiger partial charge in [-0.3, -0.25) is 4.90 Å². The summed E-state index contributed by atoms with van der Waals surface area (Å²) in [4.78, 5) is 25.2. The zero-order valence-electron chi connectivity index (χ0n) is 11.2. The lowest BCUT2D eigenvalue weighted by atomic mass is 9.75. The molecule has 0 heterocycles. The summed E-state index contributed by atoms with van der Waals surface area (Å²) in [5.74, 6) is -0.897. The van der Waals surface area contributed by atoms with Gasteiger partial charge in [0.25, 0.3) is 0 Å². The fourth-order valence-corrected chi connectivity index (χ4v) is 2.39. The SMILES string of the molecule is CC(C)(C)OC(=O)N(C1CC1)C1(C(=O)O)CCC1. The van der Waals surface area contributed by atoms with Crippen molar-refractivity contribution in [2.45, 2.75) is 70.1 Å². The Balaban J connectivity index is 2.18. The maximum atomic E-state index is 12.2. The number of nitrogens with zero attached hydrogens (tertiary/aromatic N) is 1. The molecule has 0 radical (unpaired) electrons. The smallest absolute Gasteiger partial charge is 0.411 e. The number of carboxylic acids is 1. The minimum atomic E-state index is -1.01. The highest BCUT2D eigenvalue weighted by Gasteiger charge is 2.56. The molecule has 18 heavy (non-hydrogen) atoms. The van der Waals surface area contributed by atoms with Crippen molar-refractivity contribution in [3.63, 3.8) is 0 Å². The fraction of sp³-hybridized carbons (Fsp3) is 0.846. The van der Waals surface area contributed by atoms with Crippen LogP contribution in [-0.2, 0) is 9.53 Å². The summed E-state index contributed by atoms with van der Waals surface area (Å²) in [6, 6.07) is 0.0521. The molecular formula is C13H21NO4. The van der Waals surface area contributed by atoms with E-state index < -0.39 is 23.2 Å². The van der Waals surface area contributed by atoms with Gasteiger partial charge in [-0.15, -0.1) is 0 Å². The Morgan fingerprint density at radius 3 is 2.11 bits per heavy atom. The monoisotopic (exact) mass is 255 g/mol. The molecule has 2 aliphatic rings. The molecule has 1 amide bonds. The predicted octanol–water partition coefficient (Wildman–Crippen LogP) is 2.39. The largest absolute Gasteiger partial charge is 0.479 e. The van der Waals surface area contributed by atoms with Crippen molar-refractivity contribution in [3.05, 3.63) is 0 Å². The lowest BCUT2D eigenvalue weighted by Gasteiger charge is -2.46. The molecule has 2 aliphatic carbocycles. The van der Waals surface area contributed by atoms with Crippen LogP contribution in [0.25, 0.3) is 0 Å². The lowest BCUT2D eigenvalue weighted by molar-refractivity contribution is -0.158. The molecule has 0 saturated heterocycles. The molecule has 0 spiro atoms. The molecule has 2 saturated carbocycles. The summed E-state index contributed by atoms with van der Waals surface area (Å²) in [5.41, 5.74) is -1.60. The van der Waals surface area contributed by atoms with Gasteiger partial charge in [0.1, 0.15) is 11.1 Å². The molecule has 2 fully saturated rings. The van der Waals surface area contributed by atoms with Crippen LogP contribution in [0.4, 0.5) is 4.79 Å². The Morgan fingerprint density at radius 2 is 1.83 bits per heavy atom. The van der Waals surface area contributed by atoms with Crippen LogP contribution in [0.3, 0.4) is 0 Å². The summed E-state index contributed by atoms with van der Waals surface area (Å²) < 4.78 is 5.36. The first-order valence-corrected chi connectivity index (χ1v) is 6.52. The van der Waals surface area contributed by atoms with E-state index in [1.807, 2.05) is 0 Å². The maximum Gasteiger partial charge on any atom is 0.411 e. The minimum Gasteiger partial charge on any atom is -0.479 e. The van der Waals surface area contributed by atoms with E-state index in [9.17, 15) is 14.7 Å². The Kier molecular flexibility index (Phi) is 3.03. The molecule has 0 aromatic heterocycles. The van der Waals surface area contributed by atoms with Gasteiger partial charge in [0.05, 0.1) is 0 Å². The van der Waals surface area contributed by atoms with Crippen molar-refractivity contribution in [2.75, 3.05) is 0 Å². The molecule has 0 bridgehead atoms. The van der Waals surface area contributed by atoms with Crippen molar-refractivity contribution in [1.82, 2.24) is 4.90 Å². The summed E-state index contributed by atoms with van der Waals surface area (Å²) in [7, 11) is 0. The van der Waals surface area contributed by atoms with Gasteiger partial charge in [-0.2, -0.15) is 0 Å². The first kappa shape index (κ1) is 13.2. The number of hydrogen-bond acceptors (Lipinski definition) is 3. The number of carbonyl (C=O) groups is 2. The van der Waals surface area contributed by atoms with Gasteiger partial charge in [-0.25, -0.2) is 9.59 Å². The maximum absolute atomic E-state index is 12.2. The van der Waals surface area contributed by atoms with Crippen LogP contribution >= 0.6 is 0 Å². The second-order valence-electron chi connectivity index (χ2n) is 6.27. The Hall–Kier alpha value is -1.26. The minimum absolute atomic E-state index is 0.0521. The van der Waals surface area contributed by atoms with E-state index in [1.54, 1.807) is 20.8 Å². The van der Waals surface area contributed by atoms with Gasteiger partial charge in [-0.05, 0) is 52.9 Å². The Labute approximate surface area is 107 Å². The molecule has 0 atom stereocenters. The topological polar surface area (TPSA) is 66.8 Å². The predicted molar refractivity (Wildman–Crippen MR) is 65.3 cm³/mol. The molecular weight excluding hydrogens is 234 g/mol. The first-order chi connectivity index (χ1) is 8.26. The zero-order chi connectivity index (χ0) is 13.6. The molecule has 5 nitrogen and oxygen atoms in total. The zero-order valence-corrected chi connectivity index (χ0v) is 11.2. The number of rotatable bonds is 3. The van der Waals surface area contributed by atoms with Crippen molar-refractivity contribution >= 4 is 12.1 Å². The quantitative estimate of drug-likeness (QED) is 0.840. The van der Waals surface area contributed by atoms with Gasteiger partial charge in [-0.1, -0.05) is 0 Å². The number of hydrogen-bond donors (Lipinski definition) is 1. The number of carbonyl (C=O) groups excluding carboxylic acids is 1. The average molecular weight is 255 g/mol. The van der Waals surface area contributed by atoms with Crippen LogP contribution in [0.15, 0.2) is 0 Å². The molecule has 5 heteroatoms. The Bertz CT molecular complexity index is 364. The number of carboxylic acid groups (broad SMARTS) is 1. The molecule has 0 aromatic carbocycles. The third kappa shape index (κ3) is 2.31. The average Bonchev–Trinajstić information content (AvgIpc) is 2.89. The van der Waals surface area contributed by atoms with Crippen LogP contribution in [0.2, 0.25) is 0 Å². The van der Waals surface area contributed by atoms with Gasteiger partial charge in [0.2, 0.25) is 0 Å². The summed E-state index contributed by atoms with van der Waals surface area (Å²) in [6.07, 6.45) is 3.23. The van der Waals surface area contributed by atoms with Crippen LogP contribution < -0.4 is 0 Å². The van der Waals surface area contributed by atoms with Crippen LogP contribution in [0, 0.1) is 0 Å². The third-order valence-electron chi connectivity index (χ3n) is 3.54. The van der Waals surface area contributed by atoms with Crippen molar-refractivity contribution in [3.8, 4) is 0 Å². The number of amides is 1. The standard InChI is InChI=1S/C13H21NO4/c1-12(2,3)18-11(17)14(9-5-6-9)13(10(15)16)7-4-8-13/h9H,4-8H2,1-3H3,(H,15,16). The second kappa shape index (κ2) is 4.14. The first-order valence-electron chi connectivity index (χ1n) is 6.52. The van der Waals surface area contributed by atoms with E-state index in [-0.39, 0.29) is 6.04 Å². The van der Waals surface area contributed by atoms with Crippen molar-refractivity contribution in [2.24, 2.45) is 0 Å². The van der Waals surface area contributed by atoms with E-state index in [0.29, 0.717) is 12.8 Å². The van der Waals surface area contributed by atoms with Crippen LogP contribution in [-0.4, -0.2) is 39.3 Å². The highest BCUT2D eigenvalue weighted by atomic mass is 16.6. The van der Waals surface area contributed by atoms with Gasteiger partial charge in [0.15, 0.2) is 0 Å². The molecule has 0 aromatic rings. The summed E-state index contributed by atoms with van der Waals surface area (Å²) >= 11 is 0. The summed E-state index contributed by atoms with van der Waals surface area (Å²) in [6.45, 7) is 5.39. The second-order valence-corrected chi connectivity index (χ2v) is 6.27. The van der Waals surface area contributed by atoms with E-state index >= 15 is 0 Å². The van der Waals surface area contributed by atoms with Gasteiger partial charge >= 0.3 is 12.1 Å². The summed E-state index contributed by atoms with van der Waals surface area (Å²) in [5, 5.41) is 9.43. The van der Waals surface area contributed by atoms with Gasteiger partial charge in [0, 0.05) is 6.04 Å². The van der Waals surface area contributed by atoms with E-state index in [4.69, 9.17) is 4.74 Å². The lowest BCUT2D eigenvalue weighted by Crippen LogP contribution is -2.62. The van der Waals surface area contributed by atoms with E-state index in [2.05, 4.69) is 0 Å². The van der Waals surface area contributed by atoms with E-state index in [1.165, 1.54) is 4.90 Å².